The zero-order valence-corrected chi connectivity index (χ0v) is 13.6. The lowest BCUT2D eigenvalue weighted by molar-refractivity contribution is -0.133. The first kappa shape index (κ1) is 20.4. The first-order chi connectivity index (χ1) is 10.4. The van der Waals surface area contributed by atoms with Crippen LogP contribution in [-0.2, 0) is 14.3 Å². The average molecular weight is 312 g/mol. The van der Waals surface area contributed by atoms with E-state index in [1.165, 1.54) is 19.3 Å². The zero-order chi connectivity index (χ0) is 17.0. The van der Waals surface area contributed by atoms with Crippen molar-refractivity contribution in [3.05, 3.63) is 24.3 Å². The fourth-order valence-electron chi connectivity index (χ4n) is 1.98. The first-order valence-corrected chi connectivity index (χ1v) is 7.83. The van der Waals surface area contributed by atoms with Gasteiger partial charge in [-0.1, -0.05) is 52.2 Å². The van der Waals surface area contributed by atoms with Crippen molar-refractivity contribution < 1.29 is 24.5 Å². The second-order valence-corrected chi connectivity index (χ2v) is 5.39. The maximum Gasteiger partial charge on any atom is 0.331 e. The molecule has 0 spiro atoms. The highest BCUT2D eigenvalue weighted by Gasteiger charge is 2.26. The summed E-state index contributed by atoms with van der Waals surface area (Å²) in [6.45, 7) is 8.05. The third-order valence-corrected chi connectivity index (χ3v) is 3.54. The second kappa shape index (κ2) is 12.0. The molecule has 22 heavy (non-hydrogen) atoms. The molecule has 0 radical (unpaired) electrons. The summed E-state index contributed by atoms with van der Waals surface area (Å²) in [6.07, 6.45) is 9.15. The number of ether oxygens (including phenoxy) is 1. The van der Waals surface area contributed by atoms with Crippen LogP contribution in [0, 0.1) is 5.92 Å². The van der Waals surface area contributed by atoms with Crippen LogP contribution in [0.25, 0.3) is 0 Å². The Morgan fingerprint density at radius 2 is 1.95 bits per heavy atom. The van der Waals surface area contributed by atoms with E-state index in [2.05, 4.69) is 20.4 Å². The Hall–Kier alpha value is -1.62. The van der Waals surface area contributed by atoms with Gasteiger partial charge in [-0.05, 0) is 12.3 Å². The van der Waals surface area contributed by atoms with Crippen LogP contribution in [0.15, 0.2) is 24.3 Å². The van der Waals surface area contributed by atoms with Crippen LogP contribution in [0.3, 0.4) is 0 Å². The van der Waals surface area contributed by atoms with Crippen molar-refractivity contribution in [2.75, 3.05) is 6.61 Å². The Labute approximate surface area is 132 Å². The molecule has 2 unspecified atom stereocenters. The fraction of sp³-hybridized carbons (Fsp3) is 0.647. The molecule has 0 bridgehead atoms. The average Bonchev–Trinajstić information content (AvgIpc) is 3.30. The Balaban J connectivity index is 0.000000763. The number of carbonyl (C=O) groups is 2. The first-order valence-electron chi connectivity index (χ1n) is 7.83. The summed E-state index contributed by atoms with van der Waals surface area (Å²) < 4.78 is 5.08. The minimum atomic E-state index is -0.981. The van der Waals surface area contributed by atoms with E-state index in [4.69, 9.17) is 14.9 Å². The number of carboxylic acid groups (broad SMARTS) is 2. The summed E-state index contributed by atoms with van der Waals surface area (Å²) in [5.41, 5.74) is 0.530. The molecule has 1 aliphatic heterocycles. The molecule has 0 aromatic carbocycles. The van der Waals surface area contributed by atoms with Crippen molar-refractivity contribution in [2.45, 2.75) is 58.5 Å². The highest BCUT2D eigenvalue weighted by atomic mass is 16.6. The van der Waals surface area contributed by atoms with E-state index < -0.39 is 11.9 Å². The van der Waals surface area contributed by atoms with E-state index in [1.807, 2.05) is 6.08 Å². The molecule has 126 valence electrons. The van der Waals surface area contributed by atoms with Crippen LogP contribution < -0.4 is 0 Å². The normalized spacial score (nSPS) is 17.9. The van der Waals surface area contributed by atoms with E-state index in [0.717, 1.165) is 25.5 Å². The number of hydrogen-bond donors (Lipinski definition) is 2. The van der Waals surface area contributed by atoms with E-state index in [9.17, 15) is 9.59 Å². The standard InChI is InChI=1S/C14H24O3.C3H4O2/c1-3-5-6-11(4-2)7-8-12(14(15)16)9-13-10-17-13;1-2-3(4)5/h8,11,13H,3-7,9-10H2,1-2H3,(H,15,16);2H,1H2,(H,4,5). The molecule has 5 nitrogen and oxygen atoms in total. The summed E-state index contributed by atoms with van der Waals surface area (Å²) in [6, 6.07) is 0. The van der Waals surface area contributed by atoms with Gasteiger partial charge in [0.1, 0.15) is 0 Å². The molecule has 1 saturated heterocycles. The van der Waals surface area contributed by atoms with Gasteiger partial charge in [0.2, 0.25) is 0 Å². The molecule has 1 fully saturated rings. The molecular formula is C17H28O5. The number of allylic oxidation sites excluding steroid dienone is 1. The van der Waals surface area contributed by atoms with Crippen molar-refractivity contribution in [2.24, 2.45) is 5.92 Å². The molecule has 0 amide bonds. The molecule has 0 aromatic heterocycles. The van der Waals surface area contributed by atoms with Crippen LogP contribution in [0.1, 0.15) is 52.4 Å². The van der Waals surface area contributed by atoms with Gasteiger partial charge in [0.25, 0.3) is 0 Å². The summed E-state index contributed by atoms with van der Waals surface area (Å²) in [4.78, 5) is 20.3. The van der Waals surface area contributed by atoms with Crippen molar-refractivity contribution >= 4 is 11.9 Å². The van der Waals surface area contributed by atoms with Crippen molar-refractivity contribution in [3.8, 4) is 0 Å². The van der Waals surface area contributed by atoms with Gasteiger partial charge >= 0.3 is 11.9 Å². The quantitative estimate of drug-likeness (QED) is 0.475. The van der Waals surface area contributed by atoms with Crippen molar-refractivity contribution in [3.63, 3.8) is 0 Å². The molecule has 0 saturated carbocycles. The summed E-state index contributed by atoms with van der Waals surface area (Å²) in [5.74, 6) is -1.14. The SMILES string of the molecule is C=CC(=O)O.CCCCC(CC)CC=C(CC1CO1)C(=O)O. The minimum absolute atomic E-state index is 0.160. The van der Waals surface area contributed by atoms with Gasteiger partial charge in [0.05, 0.1) is 12.7 Å². The topological polar surface area (TPSA) is 87.1 Å². The lowest BCUT2D eigenvalue weighted by Gasteiger charge is -2.12. The van der Waals surface area contributed by atoms with E-state index in [-0.39, 0.29) is 6.10 Å². The van der Waals surface area contributed by atoms with Crippen molar-refractivity contribution in [1.29, 1.82) is 0 Å². The Bertz CT molecular complexity index is 383. The second-order valence-electron chi connectivity index (χ2n) is 5.39. The number of unbranched alkanes of at least 4 members (excludes halogenated alkanes) is 1. The summed E-state index contributed by atoms with van der Waals surface area (Å²) in [7, 11) is 0. The number of rotatable bonds is 10. The molecular weight excluding hydrogens is 284 g/mol. The number of aliphatic carboxylic acids is 2. The van der Waals surface area contributed by atoms with Gasteiger partial charge in [-0.15, -0.1) is 0 Å². The van der Waals surface area contributed by atoms with Gasteiger partial charge in [0, 0.05) is 18.1 Å². The molecule has 5 heteroatoms. The predicted octanol–water partition coefficient (Wildman–Crippen LogP) is 3.65. The lowest BCUT2D eigenvalue weighted by Crippen LogP contribution is -2.05. The summed E-state index contributed by atoms with van der Waals surface area (Å²) in [5, 5.41) is 16.7. The van der Waals surface area contributed by atoms with E-state index in [1.54, 1.807) is 0 Å². The zero-order valence-electron chi connectivity index (χ0n) is 13.6. The smallest absolute Gasteiger partial charge is 0.331 e. The molecule has 2 N–H and O–H groups in total. The van der Waals surface area contributed by atoms with Gasteiger partial charge in [0.15, 0.2) is 0 Å². The Morgan fingerprint density at radius 3 is 2.32 bits per heavy atom. The number of carboxylic acids is 2. The molecule has 1 rings (SSSR count). The van der Waals surface area contributed by atoms with Gasteiger partial charge in [-0.25, -0.2) is 9.59 Å². The maximum atomic E-state index is 11.1. The Kier molecular flexibility index (Phi) is 11.1. The molecule has 0 aliphatic carbocycles. The van der Waals surface area contributed by atoms with Crippen LogP contribution in [0.5, 0.6) is 0 Å². The maximum absolute atomic E-state index is 11.1. The monoisotopic (exact) mass is 312 g/mol. The largest absolute Gasteiger partial charge is 0.478 e. The van der Waals surface area contributed by atoms with Gasteiger partial charge in [-0.3, -0.25) is 0 Å². The van der Waals surface area contributed by atoms with Crippen LogP contribution >= 0.6 is 0 Å². The van der Waals surface area contributed by atoms with E-state index in [0.29, 0.717) is 17.9 Å². The van der Waals surface area contributed by atoms with Gasteiger partial charge < -0.3 is 14.9 Å². The third kappa shape index (κ3) is 11.1. The van der Waals surface area contributed by atoms with Crippen LogP contribution in [-0.4, -0.2) is 34.9 Å². The summed E-state index contributed by atoms with van der Waals surface area (Å²) >= 11 is 0. The van der Waals surface area contributed by atoms with Crippen molar-refractivity contribution in [1.82, 2.24) is 0 Å². The minimum Gasteiger partial charge on any atom is -0.478 e. The number of hydrogen-bond acceptors (Lipinski definition) is 3. The van der Waals surface area contributed by atoms with Crippen LogP contribution in [0.2, 0.25) is 0 Å². The molecule has 1 aliphatic rings. The third-order valence-electron chi connectivity index (χ3n) is 3.54. The lowest BCUT2D eigenvalue weighted by atomic mass is 9.94. The van der Waals surface area contributed by atoms with Crippen LogP contribution in [0.4, 0.5) is 0 Å². The fourth-order valence-corrected chi connectivity index (χ4v) is 1.98. The van der Waals surface area contributed by atoms with E-state index >= 15 is 0 Å². The molecule has 2 atom stereocenters. The van der Waals surface area contributed by atoms with Gasteiger partial charge in [-0.2, -0.15) is 0 Å². The molecule has 0 aromatic rings. The predicted molar refractivity (Wildman–Crippen MR) is 85.8 cm³/mol. The highest BCUT2D eigenvalue weighted by molar-refractivity contribution is 5.86. The molecule has 1 heterocycles. The highest BCUT2D eigenvalue weighted by Crippen LogP contribution is 2.22. The number of epoxide rings is 1. The Morgan fingerprint density at radius 1 is 1.36 bits per heavy atom.